The summed E-state index contributed by atoms with van der Waals surface area (Å²) < 4.78 is 0. The SMILES string of the molecule is C=Cc1cc2ccccc2c(CS)c1C=C. The lowest BCUT2D eigenvalue weighted by atomic mass is 9.95. The van der Waals surface area contributed by atoms with Crippen LogP contribution >= 0.6 is 12.6 Å². The van der Waals surface area contributed by atoms with Crippen LogP contribution in [-0.2, 0) is 5.75 Å². The van der Waals surface area contributed by atoms with Crippen LogP contribution in [0.5, 0.6) is 0 Å². The van der Waals surface area contributed by atoms with E-state index in [9.17, 15) is 0 Å². The van der Waals surface area contributed by atoms with Gasteiger partial charge in [-0.2, -0.15) is 12.6 Å². The van der Waals surface area contributed by atoms with Crippen molar-refractivity contribution < 1.29 is 0 Å². The van der Waals surface area contributed by atoms with Crippen molar-refractivity contribution in [1.29, 1.82) is 0 Å². The van der Waals surface area contributed by atoms with Crippen molar-refractivity contribution in [3.63, 3.8) is 0 Å². The van der Waals surface area contributed by atoms with Crippen molar-refractivity contribution >= 4 is 35.6 Å². The summed E-state index contributed by atoms with van der Waals surface area (Å²) in [4.78, 5) is 0. The van der Waals surface area contributed by atoms with Gasteiger partial charge in [0.2, 0.25) is 0 Å². The lowest BCUT2D eigenvalue weighted by Crippen LogP contribution is -1.91. The Kier molecular flexibility index (Phi) is 3.16. The summed E-state index contributed by atoms with van der Waals surface area (Å²) in [7, 11) is 0. The molecule has 0 fully saturated rings. The number of hydrogen-bond donors (Lipinski definition) is 1. The van der Waals surface area contributed by atoms with Crippen LogP contribution in [0.4, 0.5) is 0 Å². The maximum atomic E-state index is 4.41. The molecular formula is C15H14S. The van der Waals surface area contributed by atoms with Gasteiger partial charge in [-0.15, -0.1) is 0 Å². The zero-order chi connectivity index (χ0) is 11.5. The van der Waals surface area contributed by atoms with Gasteiger partial charge in [-0.3, -0.25) is 0 Å². The third kappa shape index (κ3) is 1.68. The van der Waals surface area contributed by atoms with Gasteiger partial charge >= 0.3 is 0 Å². The van der Waals surface area contributed by atoms with E-state index in [1.165, 1.54) is 16.3 Å². The molecule has 0 amide bonds. The molecule has 0 radical (unpaired) electrons. The van der Waals surface area contributed by atoms with E-state index in [-0.39, 0.29) is 0 Å². The van der Waals surface area contributed by atoms with Crippen LogP contribution in [0.1, 0.15) is 16.7 Å². The Morgan fingerprint density at radius 3 is 2.50 bits per heavy atom. The van der Waals surface area contributed by atoms with Crippen molar-refractivity contribution in [3.05, 3.63) is 60.2 Å². The number of thiol groups is 1. The van der Waals surface area contributed by atoms with Gasteiger partial charge in [0.1, 0.15) is 0 Å². The van der Waals surface area contributed by atoms with Crippen molar-refractivity contribution in [2.45, 2.75) is 5.75 Å². The standard InChI is InChI=1S/C15H14S/c1-3-11-9-12-7-5-6-8-14(12)15(10-16)13(11)4-2/h3-9,16H,1-2,10H2. The fourth-order valence-electron chi connectivity index (χ4n) is 2.04. The van der Waals surface area contributed by atoms with Crippen molar-refractivity contribution in [2.75, 3.05) is 0 Å². The number of fused-ring (bicyclic) bond motifs is 1. The van der Waals surface area contributed by atoms with E-state index < -0.39 is 0 Å². The minimum absolute atomic E-state index is 0.712. The monoisotopic (exact) mass is 226 g/mol. The molecule has 0 aliphatic carbocycles. The zero-order valence-electron chi connectivity index (χ0n) is 9.11. The summed E-state index contributed by atoms with van der Waals surface area (Å²) >= 11 is 4.41. The molecule has 2 aromatic carbocycles. The first-order valence-electron chi connectivity index (χ1n) is 5.22. The molecule has 0 heterocycles. The van der Waals surface area contributed by atoms with Crippen molar-refractivity contribution in [3.8, 4) is 0 Å². The summed E-state index contributed by atoms with van der Waals surface area (Å²) in [5, 5.41) is 2.48. The van der Waals surface area contributed by atoms with E-state index in [0.717, 1.165) is 11.1 Å². The molecule has 0 N–H and O–H groups in total. The quantitative estimate of drug-likeness (QED) is 0.729. The number of rotatable bonds is 3. The van der Waals surface area contributed by atoms with Gasteiger partial charge in [0.25, 0.3) is 0 Å². The molecular weight excluding hydrogens is 212 g/mol. The topological polar surface area (TPSA) is 0 Å². The smallest absolute Gasteiger partial charge is 0.0166 e. The van der Waals surface area contributed by atoms with Gasteiger partial charge in [-0.1, -0.05) is 49.6 Å². The van der Waals surface area contributed by atoms with E-state index in [1.54, 1.807) is 0 Å². The predicted molar refractivity (Wildman–Crippen MR) is 76.8 cm³/mol. The van der Waals surface area contributed by atoms with Crippen LogP contribution in [-0.4, -0.2) is 0 Å². The van der Waals surface area contributed by atoms with Gasteiger partial charge < -0.3 is 0 Å². The summed E-state index contributed by atoms with van der Waals surface area (Å²) in [5.74, 6) is 0.712. The third-order valence-electron chi connectivity index (χ3n) is 2.82. The van der Waals surface area contributed by atoms with Crippen LogP contribution in [0.3, 0.4) is 0 Å². The van der Waals surface area contributed by atoms with E-state index in [1.807, 2.05) is 18.2 Å². The average molecular weight is 226 g/mol. The van der Waals surface area contributed by atoms with Gasteiger partial charge in [-0.25, -0.2) is 0 Å². The average Bonchev–Trinajstić information content (AvgIpc) is 2.36. The second-order valence-corrected chi connectivity index (χ2v) is 3.96. The minimum atomic E-state index is 0.712. The maximum absolute atomic E-state index is 4.41. The molecule has 0 unspecified atom stereocenters. The fourth-order valence-corrected chi connectivity index (χ4v) is 2.38. The minimum Gasteiger partial charge on any atom is -0.175 e. The molecule has 0 nitrogen and oxygen atoms in total. The highest BCUT2D eigenvalue weighted by Crippen LogP contribution is 2.28. The molecule has 0 aliphatic heterocycles. The Balaban J connectivity index is 2.93. The Morgan fingerprint density at radius 1 is 1.12 bits per heavy atom. The number of benzene rings is 2. The molecule has 0 spiro atoms. The lowest BCUT2D eigenvalue weighted by Gasteiger charge is -2.11. The van der Waals surface area contributed by atoms with E-state index >= 15 is 0 Å². The Hall–Kier alpha value is -1.47. The first-order chi connectivity index (χ1) is 7.81. The van der Waals surface area contributed by atoms with Crippen molar-refractivity contribution in [2.24, 2.45) is 0 Å². The highest BCUT2D eigenvalue weighted by molar-refractivity contribution is 7.79. The molecule has 0 saturated heterocycles. The van der Waals surface area contributed by atoms with E-state index in [2.05, 4.69) is 50.1 Å². The Labute approximate surface area is 102 Å². The number of hydrogen-bond acceptors (Lipinski definition) is 1. The van der Waals surface area contributed by atoms with E-state index in [4.69, 9.17) is 0 Å². The second-order valence-electron chi connectivity index (χ2n) is 3.65. The molecule has 1 heteroatoms. The summed E-state index contributed by atoms with van der Waals surface area (Å²) in [6, 6.07) is 10.5. The summed E-state index contributed by atoms with van der Waals surface area (Å²) in [5.41, 5.74) is 3.49. The molecule has 0 bridgehead atoms. The molecule has 2 aromatic rings. The zero-order valence-corrected chi connectivity index (χ0v) is 10.0. The van der Waals surface area contributed by atoms with Crippen LogP contribution < -0.4 is 0 Å². The highest BCUT2D eigenvalue weighted by Gasteiger charge is 2.07. The van der Waals surface area contributed by atoms with Crippen LogP contribution in [0.2, 0.25) is 0 Å². The molecule has 0 atom stereocenters. The van der Waals surface area contributed by atoms with Crippen LogP contribution in [0.15, 0.2) is 43.5 Å². The normalized spacial score (nSPS) is 10.3. The lowest BCUT2D eigenvalue weighted by molar-refractivity contribution is 1.44. The molecule has 0 saturated carbocycles. The Bertz CT molecular complexity index is 553. The predicted octanol–water partition coefficient (Wildman–Crippen LogP) is 4.56. The summed E-state index contributed by atoms with van der Waals surface area (Å²) in [6.07, 6.45) is 3.76. The van der Waals surface area contributed by atoms with Crippen LogP contribution in [0, 0.1) is 0 Å². The first kappa shape index (κ1) is 11.0. The largest absolute Gasteiger partial charge is 0.175 e. The van der Waals surface area contributed by atoms with Crippen molar-refractivity contribution in [1.82, 2.24) is 0 Å². The fraction of sp³-hybridized carbons (Fsp3) is 0.0667. The van der Waals surface area contributed by atoms with Gasteiger partial charge in [0, 0.05) is 5.75 Å². The molecule has 2 rings (SSSR count). The molecule has 0 aliphatic rings. The third-order valence-corrected chi connectivity index (χ3v) is 3.13. The maximum Gasteiger partial charge on any atom is 0.0166 e. The Morgan fingerprint density at radius 2 is 1.88 bits per heavy atom. The first-order valence-corrected chi connectivity index (χ1v) is 5.85. The second kappa shape index (κ2) is 4.58. The highest BCUT2D eigenvalue weighted by atomic mass is 32.1. The molecule has 16 heavy (non-hydrogen) atoms. The van der Waals surface area contributed by atoms with Gasteiger partial charge in [-0.05, 0) is 33.5 Å². The molecule has 80 valence electrons. The molecule has 0 aromatic heterocycles. The van der Waals surface area contributed by atoms with E-state index in [0.29, 0.717) is 5.75 Å². The van der Waals surface area contributed by atoms with Gasteiger partial charge in [0.15, 0.2) is 0 Å². The summed E-state index contributed by atoms with van der Waals surface area (Å²) in [6.45, 7) is 7.72. The van der Waals surface area contributed by atoms with Gasteiger partial charge in [0.05, 0.1) is 0 Å². The van der Waals surface area contributed by atoms with Crippen LogP contribution in [0.25, 0.3) is 22.9 Å².